The molecule has 4 heterocycles. The van der Waals surface area contributed by atoms with Crippen LogP contribution in [0.3, 0.4) is 0 Å². The monoisotopic (exact) mass is 458 g/mol. The van der Waals surface area contributed by atoms with Gasteiger partial charge in [0.05, 0.1) is 12.0 Å². The molecule has 5 rings (SSSR count). The maximum atomic E-state index is 13.3. The van der Waals surface area contributed by atoms with Crippen molar-refractivity contribution in [1.29, 1.82) is 0 Å². The van der Waals surface area contributed by atoms with Crippen LogP contribution in [-0.4, -0.2) is 77.4 Å². The zero-order valence-corrected chi connectivity index (χ0v) is 20.2. The van der Waals surface area contributed by atoms with E-state index in [0.29, 0.717) is 19.0 Å². The fraction of sp³-hybridized carbons (Fsp3) is 0.760. The molecule has 1 aromatic heterocycles. The molecule has 3 saturated heterocycles. The number of carbonyl (C=O) groups is 2. The number of likely N-dealkylation sites (N-methyl/N-ethyl adjacent to an activating group) is 1. The minimum atomic E-state index is -0.354. The maximum Gasteiger partial charge on any atom is 0.243 e. The molecule has 2 atom stereocenters. The summed E-state index contributed by atoms with van der Waals surface area (Å²) in [6.07, 6.45) is 9.70. The van der Waals surface area contributed by atoms with Gasteiger partial charge in [0, 0.05) is 38.8 Å². The molecule has 176 valence electrons. The molecule has 32 heavy (non-hydrogen) atoms. The number of likely N-dealkylation sites (tertiary alicyclic amines) is 1. The number of thiophene rings is 1. The van der Waals surface area contributed by atoms with Gasteiger partial charge in [0.2, 0.25) is 11.8 Å². The largest absolute Gasteiger partial charge is 0.348 e. The molecule has 1 spiro atoms. The van der Waals surface area contributed by atoms with E-state index >= 15 is 0 Å². The summed E-state index contributed by atoms with van der Waals surface area (Å²) in [7, 11) is 2.19. The van der Waals surface area contributed by atoms with E-state index < -0.39 is 0 Å². The molecule has 0 aromatic carbocycles. The third-order valence-electron chi connectivity index (χ3n) is 8.47. The summed E-state index contributed by atoms with van der Waals surface area (Å²) in [6, 6.07) is 2.20. The molecular weight excluding hydrogens is 420 g/mol. The minimum absolute atomic E-state index is 0.0794. The third kappa shape index (κ3) is 4.75. The highest BCUT2D eigenvalue weighted by Gasteiger charge is 2.49. The Bertz CT molecular complexity index is 771. The Morgan fingerprint density at radius 3 is 2.69 bits per heavy atom. The topological polar surface area (TPSA) is 55.9 Å². The van der Waals surface area contributed by atoms with Crippen LogP contribution in [0.4, 0.5) is 0 Å². The van der Waals surface area contributed by atoms with Crippen molar-refractivity contribution in [1.82, 2.24) is 20.0 Å². The number of fused-ring (bicyclic) bond motifs is 1. The van der Waals surface area contributed by atoms with E-state index in [1.165, 1.54) is 37.7 Å². The van der Waals surface area contributed by atoms with Crippen molar-refractivity contribution in [2.45, 2.75) is 82.0 Å². The van der Waals surface area contributed by atoms with Crippen LogP contribution in [0.25, 0.3) is 0 Å². The molecule has 7 heteroatoms. The van der Waals surface area contributed by atoms with Crippen molar-refractivity contribution in [2.75, 3.05) is 33.2 Å². The summed E-state index contributed by atoms with van der Waals surface area (Å²) in [4.78, 5) is 33.4. The second-order valence-corrected chi connectivity index (χ2v) is 11.5. The van der Waals surface area contributed by atoms with Crippen molar-refractivity contribution >= 4 is 23.2 Å². The second-order valence-electron chi connectivity index (χ2n) is 10.7. The Morgan fingerprint density at radius 2 is 1.97 bits per heavy atom. The Morgan fingerprint density at radius 1 is 1.19 bits per heavy atom. The first-order valence-corrected chi connectivity index (χ1v) is 13.5. The molecule has 1 saturated carbocycles. The standard InChI is InChI=1S/C25H38N4O2S/c1-27(15-19-5-3-2-4-6-19)21-13-22-24(31)26-25(14-23(30)29(22)17-21)8-10-28(11-9-25)16-20-7-12-32-18-20/h7,12,18-19,21-22H,2-6,8-11,13-17H2,1H3,(H,26,31)/t21-,22-/m0/s1. The molecule has 4 fully saturated rings. The highest BCUT2D eigenvalue weighted by atomic mass is 32.1. The maximum absolute atomic E-state index is 13.3. The first kappa shape index (κ1) is 22.4. The second kappa shape index (κ2) is 9.43. The molecule has 3 aliphatic heterocycles. The molecule has 1 N–H and O–H groups in total. The van der Waals surface area contributed by atoms with E-state index in [-0.39, 0.29) is 23.4 Å². The lowest BCUT2D eigenvalue weighted by Gasteiger charge is -2.41. The van der Waals surface area contributed by atoms with Gasteiger partial charge < -0.3 is 15.1 Å². The van der Waals surface area contributed by atoms with Gasteiger partial charge >= 0.3 is 0 Å². The number of hydrogen-bond donors (Lipinski definition) is 1. The van der Waals surface area contributed by atoms with Crippen LogP contribution in [0.15, 0.2) is 16.8 Å². The number of carbonyl (C=O) groups excluding carboxylic acids is 2. The highest BCUT2D eigenvalue weighted by molar-refractivity contribution is 7.07. The summed E-state index contributed by atoms with van der Waals surface area (Å²) in [6.45, 7) is 4.64. The van der Waals surface area contributed by atoms with Crippen LogP contribution in [0, 0.1) is 5.92 Å². The summed E-state index contributed by atoms with van der Waals surface area (Å²) in [5.41, 5.74) is 1.00. The van der Waals surface area contributed by atoms with Gasteiger partial charge in [0.25, 0.3) is 0 Å². The molecular formula is C25H38N4O2S. The summed E-state index contributed by atoms with van der Waals surface area (Å²) in [5, 5.41) is 7.70. The number of rotatable bonds is 5. The highest BCUT2D eigenvalue weighted by Crippen LogP contribution is 2.34. The van der Waals surface area contributed by atoms with Crippen LogP contribution >= 0.6 is 11.3 Å². The van der Waals surface area contributed by atoms with Gasteiger partial charge in [-0.1, -0.05) is 19.3 Å². The molecule has 6 nitrogen and oxygen atoms in total. The van der Waals surface area contributed by atoms with Gasteiger partial charge in [-0.15, -0.1) is 0 Å². The SMILES string of the molecule is CN(CC1CCCCC1)[C@H]1C[C@H]2C(=O)NC3(CCN(Cc4ccsc4)CC3)CC(=O)N2C1. The predicted octanol–water partition coefficient (Wildman–Crippen LogP) is 3.08. The number of nitrogens with one attached hydrogen (secondary N) is 1. The summed E-state index contributed by atoms with van der Waals surface area (Å²) < 4.78 is 0. The quantitative estimate of drug-likeness (QED) is 0.737. The van der Waals surface area contributed by atoms with E-state index in [1.807, 2.05) is 4.90 Å². The molecule has 4 aliphatic rings. The van der Waals surface area contributed by atoms with E-state index in [2.05, 4.69) is 39.0 Å². The molecule has 0 unspecified atom stereocenters. The lowest BCUT2D eigenvalue weighted by molar-refractivity contribution is -0.135. The Kier molecular flexibility index (Phi) is 6.59. The first-order chi connectivity index (χ1) is 15.5. The van der Waals surface area contributed by atoms with Gasteiger partial charge in [-0.3, -0.25) is 14.5 Å². The Hall–Kier alpha value is -1.44. The normalized spacial score (nSPS) is 29.4. The van der Waals surface area contributed by atoms with Gasteiger partial charge in [-0.05, 0) is 67.5 Å². The van der Waals surface area contributed by atoms with Crippen LogP contribution in [0.2, 0.25) is 0 Å². The zero-order valence-electron chi connectivity index (χ0n) is 19.4. The molecule has 0 radical (unpaired) electrons. The number of piperidine rings is 1. The predicted molar refractivity (Wildman–Crippen MR) is 127 cm³/mol. The van der Waals surface area contributed by atoms with E-state index in [9.17, 15) is 9.59 Å². The molecule has 1 aromatic rings. The Balaban J connectivity index is 1.18. The van der Waals surface area contributed by atoms with Gasteiger partial charge in [-0.25, -0.2) is 0 Å². The van der Waals surface area contributed by atoms with Gasteiger partial charge in [0.1, 0.15) is 6.04 Å². The molecule has 0 bridgehead atoms. The van der Waals surface area contributed by atoms with Crippen LogP contribution in [0.5, 0.6) is 0 Å². The average Bonchev–Trinajstić information content (AvgIpc) is 3.45. The lowest BCUT2D eigenvalue weighted by Crippen LogP contribution is -2.56. The Labute approximate surface area is 196 Å². The molecule has 2 amide bonds. The van der Waals surface area contributed by atoms with Gasteiger partial charge in [0.15, 0.2) is 0 Å². The smallest absolute Gasteiger partial charge is 0.243 e. The van der Waals surface area contributed by atoms with Crippen molar-refractivity contribution in [3.8, 4) is 0 Å². The fourth-order valence-corrected chi connectivity index (χ4v) is 7.10. The van der Waals surface area contributed by atoms with E-state index in [1.54, 1.807) is 11.3 Å². The zero-order chi connectivity index (χ0) is 22.1. The van der Waals surface area contributed by atoms with Crippen molar-refractivity contribution in [3.05, 3.63) is 22.4 Å². The van der Waals surface area contributed by atoms with Crippen molar-refractivity contribution < 1.29 is 9.59 Å². The van der Waals surface area contributed by atoms with Crippen LogP contribution < -0.4 is 5.32 Å². The summed E-state index contributed by atoms with van der Waals surface area (Å²) in [5.74, 6) is 1.03. The molecule has 1 aliphatic carbocycles. The van der Waals surface area contributed by atoms with E-state index in [4.69, 9.17) is 0 Å². The number of nitrogens with zero attached hydrogens (tertiary/aromatic N) is 3. The van der Waals surface area contributed by atoms with E-state index in [0.717, 1.165) is 51.4 Å². The number of hydrogen-bond acceptors (Lipinski definition) is 5. The fourth-order valence-electron chi connectivity index (χ4n) is 6.45. The minimum Gasteiger partial charge on any atom is -0.348 e. The van der Waals surface area contributed by atoms with Crippen molar-refractivity contribution in [3.63, 3.8) is 0 Å². The summed E-state index contributed by atoms with van der Waals surface area (Å²) >= 11 is 1.74. The number of amides is 2. The average molecular weight is 459 g/mol. The third-order valence-corrected chi connectivity index (χ3v) is 9.21. The van der Waals surface area contributed by atoms with Gasteiger partial charge in [-0.2, -0.15) is 11.3 Å². The van der Waals surface area contributed by atoms with Crippen LogP contribution in [0.1, 0.15) is 63.4 Å². The first-order valence-electron chi connectivity index (χ1n) is 12.6. The van der Waals surface area contributed by atoms with Crippen LogP contribution in [-0.2, 0) is 16.1 Å². The lowest BCUT2D eigenvalue weighted by atomic mass is 9.84. The van der Waals surface area contributed by atoms with Crippen molar-refractivity contribution in [2.24, 2.45) is 5.92 Å².